The standard InChI is InChI=1S/C12H16FN3O4/c1-7(2)20-6-5-15-12(17)10-8(13)3-4-9(11(10)14)16(18)19/h3-4,7H,5-6,14H2,1-2H3,(H,15,17). The van der Waals surface area contributed by atoms with Crippen LogP contribution in [0.2, 0.25) is 0 Å². The van der Waals surface area contributed by atoms with E-state index >= 15 is 0 Å². The number of anilines is 1. The van der Waals surface area contributed by atoms with Gasteiger partial charge < -0.3 is 15.8 Å². The molecule has 7 nitrogen and oxygen atoms in total. The quantitative estimate of drug-likeness (QED) is 0.356. The second-order valence-corrected chi connectivity index (χ2v) is 4.29. The Morgan fingerprint density at radius 1 is 1.55 bits per heavy atom. The van der Waals surface area contributed by atoms with Gasteiger partial charge in [0.25, 0.3) is 11.6 Å². The zero-order chi connectivity index (χ0) is 15.3. The normalized spacial score (nSPS) is 10.6. The maximum absolute atomic E-state index is 13.6. The minimum Gasteiger partial charge on any atom is -0.392 e. The van der Waals surface area contributed by atoms with Gasteiger partial charge in [-0.2, -0.15) is 0 Å². The molecular formula is C12H16FN3O4. The fraction of sp³-hybridized carbons (Fsp3) is 0.417. The first kappa shape index (κ1) is 15.8. The average molecular weight is 285 g/mol. The van der Waals surface area contributed by atoms with Gasteiger partial charge in [-0.05, 0) is 19.9 Å². The van der Waals surface area contributed by atoms with Crippen molar-refractivity contribution in [3.8, 4) is 0 Å². The predicted octanol–water partition coefficient (Wildman–Crippen LogP) is 1.47. The van der Waals surface area contributed by atoms with E-state index in [0.29, 0.717) is 0 Å². The summed E-state index contributed by atoms with van der Waals surface area (Å²) in [5, 5.41) is 13.1. The Hall–Kier alpha value is -2.22. The highest BCUT2D eigenvalue weighted by Crippen LogP contribution is 2.27. The van der Waals surface area contributed by atoms with Gasteiger partial charge in [-0.15, -0.1) is 0 Å². The van der Waals surface area contributed by atoms with Gasteiger partial charge in [0.1, 0.15) is 17.1 Å². The summed E-state index contributed by atoms with van der Waals surface area (Å²) in [5.74, 6) is -1.72. The number of hydrogen-bond acceptors (Lipinski definition) is 5. The van der Waals surface area contributed by atoms with E-state index in [0.717, 1.165) is 12.1 Å². The topological polar surface area (TPSA) is 107 Å². The highest BCUT2D eigenvalue weighted by molar-refractivity contribution is 6.01. The Labute approximate surface area is 115 Å². The number of carbonyl (C=O) groups is 1. The van der Waals surface area contributed by atoms with Crippen LogP contribution in [0.3, 0.4) is 0 Å². The van der Waals surface area contributed by atoms with Gasteiger partial charge in [0.05, 0.1) is 17.6 Å². The third kappa shape index (κ3) is 3.89. The van der Waals surface area contributed by atoms with E-state index in [2.05, 4.69) is 5.32 Å². The molecule has 0 saturated carbocycles. The summed E-state index contributed by atoms with van der Waals surface area (Å²) in [6.45, 7) is 4.07. The fourth-order valence-corrected chi connectivity index (χ4v) is 1.52. The van der Waals surface area contributed by atoms with Gasteiger partial charge >= 0.3 is 0 Å². The van der Waals surface area contributed by atoms with Crippen molar-refractivity contribution >= 4 is 17.3 Å². The number of nitrogen functional groups attached to an aromatic ring is 1. The summed E-state index contributed by atoms with van der Waals surface area (Å²) in [4.78, 5) is 21.7. The van der Waals surface area contributed by atoms with E-state index in [9.17, 15) is 19.3 Å². The molecule has 3 N–H and O–H groups in total. The molecule has 1 aromatic carbocycles. The first-order valence-corrected chi connectivity index (χ1v) is 5.96. The van der Waals surface area contributed by atoms with Crippen LogP contribution in [0.15, 0.2) is 12.1 Å². The molecule has 0 atom stereocenters. The molecule has 0 aromatic heterocycles. The summed E-state index contributed by atoms with van der Waals surface area (Å²) < 4.78 is 18.8. The number of benzene rings is 1. The highest BCUT2D eigenvalue weighted by Gasteiger charge is 2.23. The second kappa shape index (κ2) is 6.80. The Balaban J connectivity index is 2.82. The van der Waals surface area contributed by atoms with Crippen molar-refractivity contribution in [1.29, 1.82) is 0 Å². The number of ether oxygens (including phenoxy) is 1. The number of nitrogens with zero attached hydrogens (tertiary/aromatic N) is 1. The fourth-order valence-electron chi connectivity index (χ4n) is 1.52. The minimum absolute atomic E-state index is 0.00604. The second-order valence-electron chi connectivity index (χ2n) is 4.29. The number of rotatable bonds is 6. The van der Waals surface area contributed by atoms with Crippen molar-refractivity contribution in [2.75, 3.05) is 18.9 Å². The molecule has 0 saturated heterocycles. The molecule has 1 amide bonds. The molecule has 0 aliphatic carbocycles. The van der Waals surface area contributed by atoms with Crippen LogP contribution in [0.25, 0.3) is 0 Å². The summed E-state index contributed by atoms with van der Waals surface area (Å²) in [6.07, 6.45) is 0.00604. The van der Waals surface area contributed by atoms with Gasteiger partial charge in [0.2, 0.25) is 0 Å². The van der Waals surface area contributed by atoms with Crippen LogP contribution >= 0.6 is 0 Å². The molecule has 0 aliphatic rings. The van der Waals surface area contributed by atoms with Crippen LogP contribution < -0.4 is 11.1 Å². The number of amides is 1. The van der Waals surface area contributed by atoms with E-state index in [4.69, 9.17) is 10.5 Å². The van der Waals surface area contributed by atoms with Crippen LogP contribution in [-0.4, -0.2) is 30.1 Å². The van der Waals surface area contributed by atoms with Crippen LogP contribution in [0.5, 0.6) is 0 Å². The Bertz CT molecular complexity index is 520. The van der Waals surface area contributed by atoms with Gasteiger partial charge in [-0.25, -0.2) is 4.39 Å². The highest BCUT2D eigenvalue weighted by atomic mass is 19.1. The van der Waals surface area contributed by atoms with E-state index in [1.54, 1.807) is 0 Å². The molecule has 0 unspecified atom stereocenters. The lowest BCUT2D eigenvalue weighted by atomic mass is 10.1. The Morgan fingerprint density at radius 3 is 2.75 bits per heavy atom. The Morgan fingerprint density at radius 2 is 2.20 bits per heavy atom. The van der Waals surface area contributed by atoms with E-state index in [1.165, 1.54) is 0 Å². The van der Waals surface area contributed by atoms with Gasteiger partial charge in [0.15, 0.2) is 0 Å². The number of hydrogen-bond donors (Lipinski definition) is 2. The zero-order valence-corrected chi connectivity index (χ0v) is 11.2. The number of nitrogens with two attached hydrogens (primary N) is 1. The molecular weight excluding hydrogens is 269 g/mol. The van der Waals surface area contributed by atoms with Crippen molar-refractivity contribution in [2.45, 2.75) is 20.0 Å². The predicted molar refractivity (Wildman–Crippen MR) is 70.9 cm³/mol. The molecule has 0 fully saturated rings. The van der Waals surface area contributed by atoms with Gasteiger partial charge in [-0.1, -0.05) is 0 Å². The van der Waals surface area contributed by atoms with E-state index in [-0.39, 0.29) is 19.3 Å². The molecule has 1 aromatic rings. The summed E-state index contributed by atoms with van der Waals surface area (Å²) >= 11 is 0. The van der Waals surface area contributed by atoms with Crippen LogP contribution in [0, 0.1) is 15.9 Å². The third-order valence-corrected chi connectivity index (χ3v) is 2.43. The smallest absolute Gasteiger partial charge is 0.293 e. The maximum Gasteiger partial charge on any atom is 0.293 e. The van der Waals surface area contributed by atoms with Crippen molar-refractivity contribution in [2.24, 2.45) is 0 Å². The minimum atomic E-state index is -0.907. The first-order chi connectivity index (χ1) is 9.34. The molecule has 0 aliphatic heterocycles. The zero-order valence-electron chi connectivity index (χ0n) is 11.2. The molecule has 0 bridgehead atoms. The number of carbonyl (C=O) groups excluding carboxylic acids is 1. The van der Waals surface area contributed by atoms with Crippen molar-refractivity contribution in [3.05, 3.63) is 33.6 Å². The number of nitrogens with one attached hydrogen (secondary N) is 1. The van der Waals surface area contributed by atoms with Crippen molar-refractivity contribution in [3.63, 3.8) is 0 Å². The van der Waals surface area contributed by atoms with E-state index in [1.807, 2.05) is 13.8 Å². The maximum atomic E-state index is 13.6. The van der Waals surface area contributed by atoms with Gasteiger partial charge in [0, 0.05) is 12.6 Å². The van der Waals surface area contributed by atoms with Crippen molar-refractivity contribution < 1.29 is 18.8 Å². The van der Waals surface area contributed by atoms with Crippen LogP contribution in [0.1, 0.15) is 24.2 Å². The molecule has 0 heterocycles. The molecule has 20 heavy (non-hydrogen) atoms. The number of nitro groups is 1. The first-order valence-electron chi connectivity index (χ1n) is 5.96. The van der Waals surface area contributed by atoms with Crippen LogP contribution in [0.4, 0.5) is 15.8 Å². The summed E-state index contributed by atoms with van der Waals surface area (Å²) in [5.41, 5.74) is 3.95. The van der Waals surface area contributed by atoms with E-state index < -0.39 is 33.6 Å². The lowest BCUT2D eigenvalue weighted by Gasteiger charge is -2.10. The van der Waals surface area contributed by atoms with Crippen molar-refractivity contribution in [1.82, 2.24) is 5.32 Å². The van der Waals surface area contributed by atoms with Gasteiger partial charge in [-0.3, -0.25) is 14.9 Å². The molecule has 1 rings (SSSR count). The average Bonchev–Trinajstić information content (AvgIpc) is 2.34. The molecule has 0 radical (unpaired) electrons. The largest absolute Gasteiger partial charge is 0.392 e. The van der Waals surface area contributed by atoms with Crippen LogP contribution in [-0.2, 0) is 4.74 Å². The molecule has 0 spiro atoms. The SMILES string of the molecule is CC(C)OCCNC(=O)c1c(F)ccc([N+](=O)[O-])c1N. The number of halogens is 1. The Kier molecular flexibility index (Phi) is 5.39. The third-order valence-electron chi connectivity index (χ3n) is 2.43. The lowest BCUT2D eigenvalue weighted by molar-refractivity contribution is -0.384. The molecule has 110 valence electrons. The monoisotopic (exact) mass is 285 g/mol. The summed E-state index contributed by atoms with van der Waals surface area (Å²) in [7, 11) is 0. The molecule has 8 heteroatoms. The summed E-state index contributed by atoms with van der Waals surface area (Å²) in [6, 6.07) is 1.76. The lowest BCUT2D eigenvalue weighted by Crippen LogP contribution is -2.29. The number of nitro benzene ring substituents is 1.